The van der Waals surface area contributed by atoms with Gasteiger partial charge in [-0.2, -0.15) is 0 Å². The average molecular weight is 321 g/mol. The first-order valence-corrected chi connectivity index (χ1v) is 7.26. The zero-order valence-corrected chi connectivity index (χ0v) is 13.0. The van der Waals surface area contributed by atoms with Crippen LogP contribution in [0.5, 0.6) is 5.75 Å². The number of nitrogens with zero attached hydrogens (tertiary/aromatic N) is 2. The van der Waals surface area contributed by atoms with Gasteiger partial charge in [0.2, 0.25) is 5.89 Å². The van der Waals surface area contributed by atoms with Crippen LogP contribution in [0.25, 0.3) is 17.5 Å². The Labute approximate surface area is 138 Å². The first-order chi connectivity index (χ1) is 11.7. The molecule has 0 spiro atoms. The SMILES string of the molecule is COc1cccc(-c2nnc(NC(=O)/C=C/c3ccccc3)o2)c1. The molecule has 1 amide bonds. The van der Waals surface area contributed by atoms with Crippen LogP contribution in [0.2, 0.25) is 0 Å². The van der Waals surface area contributed by atoms with Gasteiger partial charge in [-0.05, 0) is 29.8 Å². The van der Waals surface area contributed by atoms with E-state index in [2.05, 4.69) is 15.5 Å². The molecule has 0 saturated carbocycles. The zero-order chi connectivity index (χ0) is 16.8. The Morgan fingerprint density at radius 1 is 1.12 bits per heavy atom. The van der Waals surface area contributed by atoms with Crippen molar-refractivity contribution in [1.82, 2.24) is 10.2 Å². The number of amides is 1. The number of hydrogen-bond acceptors (Lipinski definition) is 5. The molecule has 1 N–H and O–H groups in total. The Morgan fingerprint density at radius 2 is 1.96 bits per heavy atom. The minimum Gasteiger partial charge on any atom is -0.497 e. The lowest BCUT2D eigenvalue weighted by atomic mass is 10.2. The summed E-state index contributed by atoms with van der Waals surface area (Å²) in [6.07, 6.45) is 3.11. The third-order valence-corrected chi connectivity index (χ3v) is 3.20. The van der Waals surface area contributed by atoms with Gasteiger partial charge in [0.1, 0.15) is 5.75 Å². The molecule has 0 aliphatic heterocycles. The second kappa shape index (κ2) is 7.23. The summed E-state index contributed by atoms with van der Waals surface area (Å²) in [7, 11) is 1.58. The molecular weight excluding hydrogens is 306 g/mol. The Balaban J connectivity index is 1.67. The van der Waals surface area contributed by atoms with Gasteiger partial charge in [-0.25, -0.2) is 0 Å². The molecule has 120 valence electrons. The van der Waals surface area contributed by atoms with Crippen LogP contribution in [0, 0.1) is 0 Å². The summed E-state index contributed by atoms with van der Waals surface area (Å²) in [5, 5.41) is 10.3. The van der Waals surface area contributed by atoms with Crippen LogP contribution < -0.4 is 10.1 Å². The fourth-order valence-electron chi connectivity index (χ4n) is 2.03. The number of aromatic nitrogens is 2. The number of hydrogen-bond donors (Lipinski definition) is 1. The molecular formula is C18H15N3O3. The van der Waals surface area contributed by atoms with Gasteiger partial charge >= 0.3 is 6.01 Å². The summed E-state index contributed by atoms with van der Waals surface area (Å²) in [6.45, 7) is 0. The van der Waals surface area contributed by atoms with Gasteiger partial charge in [-0.1, -0.05) is 41.5 Å². The molecule has 0 atom stereocenters. The van der Waals surface area contributed by atoms with Gasteiger partial charge < -0.3 is 9.15 Å². The Kier molecular flexibility index (Phi) is 4.67. The molecule has 24 heavy (non-hydrogen) atoms. The number of rotatable bonds is 5. The summed E-state index contributed by atoms with van der Waals surface area (Å²) in [6, 6.07) is 16.8. The number of benzene rings is 2. The van der Waals surface area contributed by atoms with Crippen LogP contribution in [0.4, 0.5) is 6.01 Å². The maximum Gasteiger partial charge on any atom is 0.322 e. The first kappa shape index (κ1) is 15.5. The zero-order valence-electron chi connectivity index (χ0n) is 13.0. The molecule has 3 rings (SSSR count). The lowest BCUT2D eigenvalue weighted by Crippen LogP contribution is -2.07. The molecule has 0 fully saturated rings. The van der Waals surface area contributed by atoms with E-state index < -0.39 is 0 Å². The summed E-state index contributed by atoms with van der Waals surface area (Å²) in [4.78, 5) is 11.9. The quantitative estimate of drug-likeness (QED) is 0.729. The van der Waals surface area contributed by atoms with Gasteiger partial charge in [0.25, 0.3) is 5.91 Å². The lowest BCUT2D eigenvalue weighted by molar-refractivity contribution is -0.112. The van der Waals surface area contributed by atoms with Crippen molar-refractivity contribution in [3.05, 3.63) is 66.2 Å². The number of carbonyl (C=O) groups excluding carboxylic acids is 1. The normalized spacial score (nSPS) is 10.7. The van der Waals surface area contributed by atoms with E-state index in [0.717, 1.165) is 5.56 Å². The molecule has 0 aliphatic rings. The molecule has 0 radical (unpaired) electrons. The monoisotopic (exact) mass is 321 g/mol. The van der Waals surface area contributed by atoms with E-state index in [4.69, 9.17) is 9.15 Å². The van der Waals surface area contributed by atoms with E-state index in [1.54, 1.807) is 19.3 Å². The van der Waals surface area contributed by atoms with Crippen LogP contribution in [0.1, 0.15) is 5.56 Å². The second-order valence-corrected chi connectivity index (χ2v) is 4.88. The van der Waals surface area contributed by atoms with Gasteiger partial charge in [0, 0.05) is 11.6 Å². The topological polar surface area (TPSA) is 77.3 Å². The highest BCUT2D eigenvalue weighted by atomic mass is 16.5. The Morgan fingerprint density at radius 3 is 2.75 bits per heavy atom. The second-order valence-electron chi connectivity index (χ2n) is 4.88. The van der Waals surface area contributed by atoms with Crippen molar-refractivity contribution in [2.45, 2.75) is 0 Å². The van der Waals surface area contributed by atoms with Gasteiger partial charge in [0.15, 0.2) is 0 Å². The van der Waals surface area contributed by atoms with Crippen LogP contribution in [0.3, 0.4) is 0 Å². The minimum atomic E-state index is -0.348. The molecule has 0 unspecified atom stereocenters. The van der Waals surface area contributed by atoms with Crippen molar-refractivity contribution < 1.29 is 13.9 Å². The van der Waals surface area contributed by atoms with E-state index in [1.165, 1.54) is 6.08 Å². The number of carbonyl (C=O) groups is 1. The lowest BCUT2D eigenvalue weighted by Gasteiger charge is -2.00. The van der Waals surface area contributed by atoms with Crippen molar-refractivity contribution in [3.8, 4) is 17.2 Å². The smallest absolute Gasteiger partial charge is 0.322 e. The van der Waals surface area contributed by atoms with Gasteiger partial charge in [-0.3, -0.25) is 10.1 Å². The highest BCUT2D eigenvalue weighted by Gasteiger charge is 2.10. The predicted octanol–water partition coefficient (Wildman–Crippen LogP) is 3.40. The average Bonchev–Trinajstić information content (AvgIpc) is 3.09. The van der Waals surface area contributed by atoms with E-state index in [-0.39, 0.29) is 11.9 Å². The molecule has 0 aliphatic carbocycles. The van der Waals surface area contributed by atoms with Crippen LogP contribution in [-0.4, -0.2) is 23.2 Å². The molecule has 6 nitrogen and oxygen atoms in total. The van der Waals surface area contributed by atoms with Crippen molar-refractivity contribution >= 4 is 18.0 Å². The number of methoxy groups -OCH3 is 1. The number of nitrogens with one attached hydrogen (secondary N) is 1. The highest BCUT2D eigenvalue weighted by Crippen LogP contribution is 2.23. The minimum absolute atomic E-state index is 0.0375. The van der Waals surface area contributed by atoms with E-state index >= 15 is 0 Å². The van der Waals surface area contributed by atoms with Crippen LogP contribution in [-0.2, 0) is 4.79 Å². The standard InChI is InChI=1S/C18H15N3O3/c1-23-15-9-5-8-14(12-15)17-20-21-18(24-17)19-16(22)11-10-13-6-3-2-4-7-13/h2-12H,1H3,(H,19,21,22)/b11-10+. The number of ether oxygens (including phenoxy) is 1. The highest BCUT2D eigenvalue weighted by molar-refractivity contribution is 6.00. The molecule has 6 heteroatoms. The van der Waals surface area contributed by atoms with E-state index in [1.807, 2.05) is 48.5 Å². The Hall–Kier alpha value is -3.41. The van der Waals surface area contributed by atoms with Crippen molar-refractivity contribution in [2.75, 3.05) is 12.4 Å². The third-order valence-electron chi connectivity index (χ3n) is 3.20. The van der Waals surface area contributed by atoms with Crippen molar-refractivity contribution in [3.63, 3.8) is 0 Å². The number of anilines is 1. The van der Waals surface area contributed by atoms with Crippen LogP contribution >= 0.6 is 0 Å². The molecule has 3 aromatic rings. The van der Waals surface area contributed by atoms with Gasteiger partial charge in [0.05, 0.1) is 7.11 Å². The summed E-state index contributed by atoms with van der Waals surface area (Å²) in [5.41, 5.74) is 1.64. The third kappa shape index (κ3) is 3.86. The fourth-order valence-corrected chi connectivity index (χ4v) is 2.03. The molecule has 2 aromatic carbocycles. The van der Waals surface area contributed by atoms with Crippen LogP contribution in [0.15, 0.2) is 65.1 Å². The molecule has 0 saturated heterocycles. The molecule has 1 heterocycles. The maximum atomic E-state index is 11.9. The maximum absolute atomic E-state index is 11.9. The first-order valence-electron chi connectivity index (χ1n) is 7.26. The van der Waals surface area contributed by atoms with Gasteiger partial charge in [-0.15, -0.1) is 5.10 Å². The van der Waals surface area contributed by atoms with E-state index in [9.17, 15) is 4.79 Å². The summed E-state index contributed by atoms with van der Waals surface area (Å²) >= 11 is 0. The summed E-state index contributed by atoms with van der Waals surface area (Å²) < 4.78 is 10.6. The fraction of sp³-hybridized carbons (Fsp3) is 0.0556. The van der Waals surface area contributed by atoms with Crippen molar-refractivity contribution in [2.24, 2.45) is 0 Å². The molecule has 0 bridgehead atoms. The van der Waals surface area contributed by atoms with E-state index in [0.29, 0.717) is 17.2 Å². The predicted molar refractivity (Wildman–Crippen MR) is 90.4 cm³/mol. The summed E-state index contributed by atoms with van der Waals surface area (Å²) in [5.74, 6) is 0.637. The Bertz CT molecular complexity index is 857. The largest absolute Gasteiger partial charge is 0.497 e. The molecule has 1 aromatic heterocycles. The van der Waals surface area contributed by atoms with Crippen molar-refractivity contribution in [1.29, 1.82) is 0 Å².